The van der Waals surface area contributed by atoms with Crippen LogP contribution in [0, 0.1) is 5.82 Å². The van der Waals surface area contributed by atoms with E-state index in [0.717, 1.165) is 0 Å². The summed E-state index contributed by atoms with van der Waals surface area (Å²) in [7, 11) is 1.39. The first-order chi connectivity index (χ1) is 10.0. The van der Waals surface area contributed by atoms with Gasteiger partial charge in [-0.3, -0.25) is 4.79 Å². The van der Waals surface area contributed by atoms with E-state index in [4.69, 9.17) is 32.7 Å². The van der Waals surface area contributed by atoms with Crippen molar-refractivity contribution in [2.24, 2.45) is 0 Å². The third-order valence-corrected chi connectivity index (χ3v) is 3.26. The maximum atomic E-state index is 13.6. The lowest BCUT2D eigenvalue weighted by atomic mass is 10.2. The molecule has 0 aliphatic carbocycles. The van der Waals surface area contributed by atoms with Crippen molar-refractivity contribution in [3.05, 3.63) is 57.3 Å². The number of benzene rings is 2. The molecule has 0 fully saturated rings. The minimum atomic E-state index is -0.489. The first-order valence-electron chi connectivity index (χ1n) is 5.94. The van der Waals surface area contributed by atoms with Crippen LogP contribution in [0.5, 0.6) is 11.5 Å². The number of hydrogen-bond donors (Lipinski definition) is 0. The molecule has 0 spiro atoms. The highest BCUT2D eigenvalue weighted by atomic mass is 35.5. The average molecular weight is 329 g/mol. The van der Waals surface area contributed by atoms with Gasteiger partial charge in [-0.2, -0.15) is 0 Å². The van der Waals surface area contributed by atoms with Gasteiger partial charge in [-0.1, -0.05) is 29.3 Å². The molecule has 0 bridgehead atoms. The fraction of sp³-hybridized carbons (Fsp3) is 0.133. The van der Waals surface area contributed by atoms with E-state index in [1.54, 1.807) is 6.07 Å². The zero-order valence-corrected chi connectivity index (χ0v) is 12.5. The SMILES string of the molecule is COc1ccc(COc2c(Cl)cc(Cl)cc2C=O)cc1F. The first-order valence-corrected chi connectivity index (χ1v) is 6.70. The molecule has 0 saturated heterocycles. The van der Waals surface area contributed by atoms with E-state index in [-0.39, 0.29) is 28.7 Å². The van der Waals surface area contributed by atoms with Crippen LogP contribution < -0.4 is 9.47 Å². The van der Waals surface area contributed by atoms with E-state index in [2.05, 4.69) is 0 Å². The van der Waals surface area contributed by atoms with E-state index in [0.29, 0.717) is 16.9 Å². The Morgan fingerprint density at radius 2 is 2.00 bits per heavy atom. The number of ether oxygens (including phenoxy) is 2. The Morgan fingerprint density at radius 1 is 1.24 bits per heavy atom. The number of halogens is 3. The molecule has 110 valence electrons. The Hall–Kier alpha value is -1.78. The van der Waals surface area contributed by atoms with E-state index in [9.17, 15) is 9.18 Å². The number of carbonyl (C=O) groups excluding carboxylic acids is 1. The molecule has 0 aliphatic rings. The van der Waals surface area contributed by atoms with Crippen molar-refractivity contribution < 1.29 is 18.7 Å². The molecule has 0 aromatic heterocycles. The number of methoxy groups -OCH3 is 1. The molecule has 0 radical (unpaired) electrons. The van der Waals surface area contributed by atoms with E-state index >= 15 is 0 Å². The van der Waals surface area contributed by atoms with Gasteiger partial charge in [0.15, 0.2) is 17.9 Å². The van der Waals surface area contributed by atoms with E-state index < -0.39 is 5.82 Å². The first kappa shape index (κ1) is 15.6. The average Bonchev–Trinajstić information content (AvgIpc) is 2.45. The molecule has 0 amide bonds. The molecule has 2 rings (SSSR count). The summed E-state index contributed by atoms with van der Waals surface area (Å²) in [4.78, 5) is 11.0. The summed E-state index contributed by atoms with van der Waals surface area (Å²) in [6.07, 6.45) is 0.599. The molecule has 0 aliphatic heterocycles. The van der Waals surface area contributed by atoms with Gasteiger partial charge in [0.2, 0.25) is 0 Å². The quantitative estimate of drug-likeness (QED) is 0.756. The Bertz CT molecular complexity index is 674. The standard InChI is InChI=1S/C15H11Cl2FO3/c1-20-14-3-2-9(4-13(14)18)8-21-15-10(7-19)5-11(16)6-12(15)17/h2-7H,8H2,1H3. The molecule has 0 heterocycles. The van der Waals surface area contributed by atoms with Crippen molar-refractivity contribution in [3.63, 3.8) is 0 Å². The normalized spacial score (nSPS) is 10.3. The lowest BCUT2D eigenvalue weighted by Crippen LogP contribution is -2.00. The fourth-order valence-electron chi connectivity index (χ4n) is 1.78. The summed E-state index contributed by atoms with van der Waals surface area (Å²) < 4.78 is 23.9. The van der Waals surface area contributed by atoms with Crippen LogP contribution in [0.2, 0.25) is 10.0 Å². The molecule has 2 aromatic rings. The molecule has 3 nitrogen and oxygen atoms in total. The minimum Gasteiger partial charge on any atom is -0.494 e. The second kappa shape index (κ2) is 6.78. The van der Waals surface area contributed by atoms with Gasteiger partial charge in [-0.25, -0.2) is 4.39 Å². The van der Waals surface area contributed by atoms with Crippen LogP contribution in [-0.2, 0) is 6.61 Å². The summed E-state index contributed by atoms with van der Waals surface area (Å²) in [5.41, 5.74) is 0.817. The van der Waals surface area contributed by atoms with Crippen molar-refractivity contribution in [3.8, 4) is 11.5 Å². The number of hydrogen-bond acceptors (Lipinski definition) is 3. The zero-order valence-electron chi connectivity index (χ0n) is 11.0. The number of carbonyl (C=O) groups is 1. The van der Waals surface area contributed by atoms with Gasteiger partial charge in [0, 0.05) is 5.02 Å². The number of aldehydes is 1. The summed E-state index contributed by atoms with van der Waals surface area (Å²) >= 11 is 11.8. The molecule has 0 atom stereocenters. The maximum absolute atomic E-state index is 13.6. The zero-order chi connectivity index (χ0) is 15.4. The molecule has 2 aromatic carbocycles. The minimum absolute atomic E-state index is 0.0586. The van der Waals surface area contributed by atoms with Crippen LogP contribution in [0.1, 0.15) is 15.9 Å². The summed E-state index contributed by atoms with van der Waals surface area (Å²) in [5.74, 6) is -0.124. The Labute approximate surface area is 131 Å². The van der Waals surface area contributed by atoms with Crippen molar-refractivity contribution in [1.29, 1.82) is 0 Å². The largest absolute Gasteiger partial charge is 0.494 e. The Balaban J connectivity index is 2.20. The Kier molecular flexibility index (Phi) is 5.04. The van der Waals surface area contributed by atoms with Crippen molar-refractivity contribution in [2.45, 2.75) is 6.61 Å². The van der Waals surface area contributed by atoms with Gasteiger partial charge in [0.1, 0.15) is 12.4 Å². The Morgan fingerprint density at radius 3 is 2.62 bits per heavy atom. The highest BCUT2D eigenvalue weighted by Gasteiger charge is 2.11. The summed E-state index contributed by atoms with van der Waals surface area (Å²) in [5, 5.41) is 0.559. The maximum Gasteiger partial charge on any atom is 0.165 e. The molecular weight excluding hydrogens is 318 g/mol. The second-order valence-electron chi connectivity index (χ2n) is 4.18. The molecule has 0 N–H and O–H groups in total. The third kappa shape index (κ3) is 3.65. The van der Waals surface area contributed by atoms with Crippen molar-refractivity contribution in [1.82, 2.24) is 0 Å². The molecular formula is C15H11Cl2FO3. The monoisotopic (exact) mass is 328 g/mol. The third-order valence-electron chi connectivity index (χ3n) is 2.76. The predicted molar refractivity (Wildman–Crippen MR) is 79.1 cm³/mol. The van der Waals surface area contributed by atoms with Gasteiger partial charge in [-0.05, 0) is 29.8 Å². The summed E-state index contributed by atoms with van der Waals surface area (Å²) in [6.45, 7) is 0.0586. The van der Waals surface area contributed by atoms with E-state index in [1.807, 2.05) is 0 Å². The molecule has 0 unspecified atom stereocenters. The van der Waals surface area contributed by atoms with Gasteiger partial charge >= 0.3 is 0 Å². The lowest BCUT2D eigenvalue weighted by Gasteiger charge is -2.11. The van der Waals surface area contributed by atoms with Crippen LogP contribution in [-0.4, -0.2) is 13.4 Å². The molecule has 0 saturated carbocycles. The fourth-order valence-corrected chi connectivity index (χ4v) is 2.34. The van der Waals surface area contributed by atoms with Gasteiger partial charge in [-0.15, -0.1) is 0 Å². The highest BCUT2D eigenvalue weighted by Crippen LogP contribution is 2.32. The highest BCUT2D eigenvalue weighted by molar-refractivity contribution is 6.36. The van der Waals surface area contributed by atoms with Gasteiger partial charge in [0.05, 0.1) is 17.7 Å². The topological polar surface area (TPSA) is 35.5 Å². The van der Waals surface area contributed by atoms with Crippen molar-refractivity contribution >= 4 is 29.5 Å². The van der Waals surface area contributed by atoms with Crippen LogP contribution in [0.15, 0.2) is 30.3 Å². The van der Waals surface area contributed by atoms with Crippen LogP contribution in [0.4, 0.5) is 4.39 Å². The second-order valence-corrected chi connectivity index (χ2v) is 5.03. The summed E-state index contributed by atoms with van der Waals surface area (Å²) in [6, 6.07) is 7.37. The smallest absolute Gasteiger partial charge is 0.165 e. The van der Waals surface area contributed by atoms with Crippen LogP contribution in [0.25, 0.3) is 0 Å². The van der Waals surface area contributed by atoms with E-state index in [1.165, 1.54) is 31.4 Å². The lowest BCUT2D eigenvalue weighted by molar-refractivity contribution is 0.111. The van der Waals surface area contributed by atoms with Crippen LogP contribution in [0.3, 0.4) is 0 Å². The van der Waals surface area contributed by atoms with Gasteiger partial charge < -0.3 is 9.47 Å². The van der Waals surface area contributed by atoms with Gasteiger partial charge in [0.25, 0.3) is 0 Å². The predicted octanol–water partition coefficient (Wildman–Crippen LogP) is 4.53. The van der Waals surface area contributed by atoms with Crippen molar-refractivity contribution in [2.75, 3.05) is 7.11 Å². The molecule has 6 heteroatoms. The number of rotatable bonds is 5. The van der Waals surface area contributed by atoms with Crippen LogP contribution >= 0.6 is 23.2 Å². The molecule has 21 heavy (non-hydrogen) atoms.